The van der Waals surface area contributed by atoms with Gasteiger partial charge in [0, 0.05) is 11.5 Å². The molecular formula is C40H16F8N4. The van der Waals surface area contributed by atoms with Crippen molar-refractivity contribution in [2.75, 3.05) is 0 Å². The average molecular weight is 705 g/mol. The first-order chi connectivity index (χ1) is 24.7. The third-order valence-corrected chi connectivity index (χ3v) is 9.35. The number of rotatable bonds is 3. The van der Waals surface area contributed by atoms with Crippen molar-refractivity contribution in [3.8, 4) is 68.8 Å². The first kappa shape index (κ1) is 33.7. The van der Waals surface area contributed by atoms with Crippen molar-refractivity contribution in [1.82, 2.24) is 0 Å². The third kappa shape index (κ3) is 5.25. The van der Waals surface area contributed by atoms with Crippen LogP contribution in [0.4, 0.5) is 35.1 Å². The molecule has 0 aliphatic heterocycles. The Morgan fingerprint density at radius 2 is 0.962 bits per heavy atom. The number of benzene rings is 5. The van der Waals surface area contributed by atoms with Gasteiger partial charge in [-0.25, -0.2) is 8.78 Å². The molecule has 0 saturated heterocycles. The number of fused-ring (bicyclic) bond motifs is 6. The van der Waals surface area contributed by atoms with Gasteiger partial charge in [0.1, 0.15) is 35.3 Å². The van der Waals surface area contributed by atoms with Gasteiger partial charge >= 0.3 is 12.4 Å². The predicted octanol–water partition coefficient (Wildman–Crippen LogP) is 10.9. The van der Waals surface area contributed by atoms with E-state index in [0.29, 0.717) is 68.8 Å². The van der Waals surface area contributed by atoms with Gasteiger partial charge in [-0.2, -0.15) is 47.4 Å². The maximum absolute atomic E-state index is 14.1. The summed E-state index contributed by atoms with van der Waals surface area (Å²) in [5, 5.41) is 40.0. The second kappa shape index (κ2) is 11.9. The molecule has 7 rings (SSSR count). The predicted molar refractivity (Wildman–Crippen MR) is 172 cm³/mol. The van der Waals surface area contributed by atoms with E-state index in [0.717, 1.165) is 0 Å². The zero-order valence-corrected chi connectivity index (χ0v) is 26.1. The molecule has 0 amide bonds. The first-order valence-electron chi connectivity index (χ1n) is 15.3. The Labute approximate surface area is 290 Å². The molecule has 1 unspecified atom stereocenters. The highest BCUT2D eigenvalue weighted by Gasteiger charge is 2.40. The van der Waals surface area contributed by atoms with Crippen molar-refractivity contribution >= 4 is 5.57 Å². The number of halogens is 8. The molecule has 5 aromatic carbocycles. The summed E-state index contributed by atoms with van der Waals surface area (Å²) in [6.07, 6.45) is -9.92. The molecule has 5 aromatic rings. The summed E-state index contributed by atoms with van der Waals surface area (Å²) in [6.45, 7) is 0. The van der Waals surface area contributed by atoms with Crippen LogP contribution in [0, 0.1) is 62.9 Å². The van der Waals surface area contributed by atoms with E-state index in [-0.39, 0.29) is 33.4 Å². The number of nitrogens with zero attached hydrogens (tertiary/aromatic N) is 4. The lowest BCUT2D eigenvalue weighted by atomic mass is 9.84. The normalized spacial score (nSPS) is 14.0. The van der Waals surface area contributed by atoms with Crippen LogP contribution in [0.2, 0.25) is 0 Å². The Kier molecular flexibility index (Phi) is 7.74. The minimum absolute atomic E-state index is 0.0315. The molecule has 0 saturated carbocycles. The van der Waals surface area contributed by atoms with Crippen LogP contribution in [0.25, 0.3) is 50.1 Å². The average Bonchev–Trinajstić information content (AvgIpc) is 3.59. The van der Waals surface area contributed by atoms with Crippen LogP contribution in [-0.4, -0.2) is 0 Å². The number of alkyl halides is 6. The molecular weight excluding hydrogens is 688 g/mol. The van der Waals surface area contributed by atoms with Crippen LogP contribution >= 0.6 is 0 Å². The fraction of sp³-hybridized carbons (Fsp3) is 0.100. The van der Waals surface area contributed by atoms with Crippen LogP contribution in [0.1, 0.15) is 39.3 Å². The minimum Gasteiger partial charge on any atom is -0.206 e. The zero-order chi connectivity index (χ0) is 37.3. The van der Waals surface area contributed by atoms with Crippen molar-refractivity contribution in [2.45, 2.75) is 18.3 Å². The van der Waals surface area contributed by atoms with Gasteiger partial charge in [0.25, 0.3) is 0 Å². The fourth-order valence-electron chi connectivity index (χ4n) is 7.05. The van der Waals surface area contributed by atoms with Gasteiger partial charge in [0.15, 0.2) is 0 Å². The Balaban J connectivity index is 1.42. The summed E-state index contributed by atoms with van der Waals surface area (Å²) < 4.78 is 109. The lowest BCUT2D eigenvalue weighted by Gasteiger charge is -2.16. The molecule has 52 heavy (non-hydrogen) atoms. The van der Waals surface area contributed by atoms with Gasteiger partial charge in [-0.3, -0.25) is 0 Å². The Bertz CT molecular complexity index is 2560. The molecule has 0 heterocycles. The Morgan fingerprint density at radius 1 is 0.500 bits per heavy atom. The second-order valence-electron chi connectivity index (χ2n) is 12.1. The third-order valence-electron chi connectivity index (χ3n) is 9.35. The summed E-state index contributed by atoms with van der Waals surface area (Å²) in [6, 6.07) is 25.5. The molecule has 0 radical (unpaired) electrons. The molecule has 2 aliphatic rings. The quantitative estimate of drug-likeness (QED) is 0.135. The van der Waals surface area contributed by atoms with E-state index in [1.54, 1.807) is 30.3 Å². The van der Waals surface area contributed by atoms with Crippen LogP contribution < -0.4 is 0 Å². The van der Waals surface area contributed by atoms with Crippen LogP contribution in [-0.2, 0) is 12.4 Å². The Morgan fingerprint density at radius 3 is 1.48 bits per heavy atom. The molecule has 0 spiro atoms. The number of nitriles is 4. The van der Waals surface area contributed by atoms with Crippen molar-refractivity contribution in [3.05, 3.63) is 136 Å². The minimum atomic E-state index is -4.96. The molecule has 0 aromatic heterocycles. The van der Waals surface area contributed by atoms with E-state index in [9.17, 15) is 56.2 Å². The second-order valence-corrected chi connectivity index (χ2v) is 12.1. The lowest BCUT2D eigenvalue weighted by Crippen LogP contribution is -2.09. The van der Waals surface area contributed by atoms with Crippen molar-refractivity contribution in [1.29, 1.82) is 21.0 Å². The maximum Gasteiger partial charge on any atom is 0.419 e. The van der Waals surface area contributed by atoms with Crippen molar-refractivity contribution in [2.24, 2.45) is 5.92 Å². The molecule has 1 atom stereocenters. The molecule has 252 valence electrons. The topological polar surface area (TPSA) is 95.2 Å². The zero-order valence-electron chi connectivity index (χ0n) is 26.1. The van der Waals surface area contributed by atoms with Crippen LogP contribution in [0.3, 0.4) is 0 Å². The summed E-state index contributed by atoms with van der Waals surface area (Å²) in [5.74, 6) is -5.05. The SMILES string of the molecule is N#CC(C#N)=C1c2cc(-c3ccc(F)c(C(F)(F)F)c3)ccc2-c2cc3c(cc21)-c1ccc(-c2ccc(F)c(C(F)(F)F)c2)cc1C3C(C#N)C#N. The summed E-state index contributed by atoms with van der Waals surface area (Å²) >= 11 is 0. The summed E-state index contributed by atoms with van der Waals surface area (Å²) in [5.41, 5.74) is 1.29. The van der Waals surface area contributed by atoms with E-state index in [4.69, 9.17) is 0 Å². The van der Waals surface area contributed by atoms with Gasteiger partial charge in [0.2, 0.25) is 0 Å². The first-order valence-corrected chi connectivity index (χ1v) is 15.3. The van der Waals surface area contributed by atoms with Crippen molar-refractivity contribution < 1.29 is 35.1 Å². The molecule has 2 aliphatic carbocycles. The van der Waals surface area contributed by atoms with Gasteiger partial charge in [-0.1, -0.05) is 36.4 Å². The number of hydrogen-bond acceptors (Lipinski definition) is 4. The van der Waals surface area contributed by atoms with E-state index in [2.05, 4.69) is 0 Å². The Hall–Kier alpha value is -6.76. The number of hydrogen-bond donors (Lipinski definition) is 0. The fourth-order valence-corrected chi connectivity index (χ4v) is 7.05. The monoisotopic (exact) mass is 704 g/mol. The molecule has 4 nitrogen and oxygen atoms in total. The van der Waals surface area contributed by atoms with Gasteiger partial charge < -0.3 is 0 Å². The van der Waals surface area contributed by atoms with Crippen LogP contribution in [0.5, 0.6) is 0 Å². The summed E-state index contributed by atoms with van der Waals surface area (Å²) in [4.78, 5) is 0. The largest absolute Gasteiger partial charge is 0.419 e. The van der Waals surface area contributed by atoms with E-state index >= 15 is 0 Å². The molecule has 0 N–H and O–H groups in total. The summed E-state index contributed by atoms with van der Waals surface area (Å²) in [7, 11) is 0. The van der Waals surface area contributed by atoms with Gasteiger partial charge in [0.05, 0.1) is 23.3 Å². The van der Waals surface area contributed by atoms with E-state index in [1.165, 1.54) is 30.3 Å². The van der Waals surface area contributed by atoms with Gasteiger partial charge in [-0.15, -0.1) is 0 Å². The smallest absolute Gasteiger partial charge is 0.206 e. The molecule has 0 bridgehead atoms. The molecule has 12 heteroatoms. The van der Waals surface area contributed by atoms with E-state index < -0.39 is 46.9 Å². The highest BCUT2D eigenvalue weighted by atomic mass is 19.4. The van der Waals surface area contributed by atoms with Crippen LogP contribution in [0.15, 0.2) is 90.5 Å². The highest BCUT2D eigenvalue weighted by Crippen LogP contribution is 2.55. The standard InChI is InChI=1S/C40H16F8N4/c41-35-7-3-21(11-33(35)39(43,44)45)19-1-5-25-27-13-32-28(14-31(27)37(29(25)9-19)23(15-49)16-50)26-6-2-20(10-30(26)38(32)24(17-51)18-52)22-4-8-36(42)34(12-22)40(46,47)48/h1-14,23,37H. The van der Waals surface area contributed by atoms with Crippen molar-refractivity contribution in [3.63, 3.8) is 0 Å². The number of allylic oxidation sites excluding steroid dienone is 1. The maximum atomic E-state index is 14.1. The highest BCUT2D eigenvalue weighted by molar-refractivity contribution is 6.07. The molecule has 0 fully saturated rings. The van der Waals surface area contributed by atoms with Gasteiger partial charge in [-0.05, 0) is 115 Å². The lowest BCUT2D eigenvalue weighted by molar-refractivity contribution is -0.140. The van der Waals surface area contributed by atoms with E-state index in [1.807, 2.05) is 24.3 Å².